The lowest BCUT2D eigenvalue weighted by atomic mass is 10.00. The van der Waals surface area contributed by atoms with E-state index in [4.69, 9.17) is 11.6 Å². The number of rotatable bonds is 2. The third-order valence-corrected chi connectivity index (χ3v) is 3.74. The van der Waals surface area contributed by atoms with Gasteiger partial charge in [-0.15, -0.1) is 0 Å². The summed E-state index contributed by atoms with van der Waals surface area (Å²) in [5.74, 6) is 0. The second-order valence-corrected chi connectivity index (χ2v) is 5.55. The molecule has 1 aromatic rings. The molecule has 0 spiro atoms. The molecule has 2 atom stereocenters. The molecule has 1 aliphatic rings. The monoisotopic (exact) mass is 281 g/mol. The van der Waals surface area contributed by atoms with Gasteiger partial charge in [-0.05, 0) is 44.9 Å². The van der Waals surface area contributed by atoms with Crippen molar-refractivity contribution in [3.05, 3.63) is 29.3 Å². The number of benzene rings is 1. The fourth-order valence-corrected chi connectivity index (χ4v) is 2.67. The summed E-state index contributed by atoms with van der Waals surface area (Å²) in [5, 5.41) is 5.43. The summed E-state index contributed by atoms with van der Waals surface area (Å²) < 4.78 is 0. The van der Waals surface area contributed by atoms with Crippen LogP contribution >= 0.6 is 11.6 Å². The molecule has 0 radical (unpaired) electrons. The second kappa shape index (κ2) is 6.26. The zero-order valence-corrected chi connectivity index (χ0v) is 12.1. The molecule has 5 heteroatoms. The lowest BCUT2D eigenvalue weighted by molar-refractivity contribution is 0.0625. The molecule has 4 nitrogen and oxygen atoms in total. The summed E-state index contributed by atoms with van der Waals surface area (Å²) in [6.07, 6.45) is 3.44. The Labute approximate surface area is 119 Å². The average molecular weight is 282 g/mol. The number of nitrogens with one attached hydrogen (secondary N) is 2. The van der Waals surface area contributed by atoms with Gasteiger partial charge in [-0.1, -0.05) is 24.1 Å². The van der Waals surface area contributed by atoms with Crippen LogP contribution in [0.4, 0.5) is 10.5 Å². The molecule has 0 bridgehead atoms. The molecule has 1 fully saturated rings. The van der Waals surface area contributed by atoms with E-state index in [1.54, 1.807) is 12.1 Å². The van der Waals surface area contributed by atoms with Crippen LogP contribution in [0, 0.1) is 0 Å². The molecule has 2 N–H and O–H groups in total. The van der Waals surface area contributed by atoms with E-state index < -0.39 is 0 Å². The van der Waals surface area contributed by atoms with E-state index in [-0.39, 0.29) is 6.03 Å². The zero-order chi connectivity index (χ0) is 13.8. The van der Waals surface area contributed by atoms with Crippen molar-refractivity contribution in [2.45, 2.75) is 45.2 Å². The molecule has 19 heavy (non-hydrogen) atoms. The highest BCUT2D eigenvalue weighted by Crippen LogP contribution is 2.20. The van der Waals surface area contributed by atoms with Crippen LogP contribution in [0.5, 0.6) is 0 Å². The van der Waals surface area contributed by atoms with E-state index in [1.807, 2.05) is 17.1 Å². The third-order valence-electron chi connectivity index (χ3n) is 3.51. The van der Waals surface area contributed by atoms with Crippen LogP contribution in [0.2, 0.25) is 5.02 Å². The number of hydrazine groups is 1. The molecule has 0 unspecified atom stereocenters. The molecule has 1 aromatic carbocycles. The van der Waals surface area contributed by atoms with Crippen molar-refractivity contribution in [2.75, 3.05) is 5.32 Å². The van der Waals surface area contributed by atoms with Crippen LogP contribution in [0.1, 0.15) is 33.1 Å². The quantitative estimate of drug-likeness (QED) is 0.869. The average Bonchev–Trinajstić information content (AvgIpc) is 2.34. The summed E-state index contributed by atoms with van der Waals surface area (Å²) in [6, 6.07) is 7.65. The number of anilines is 1. The predicted octanol–water partition coefficient (Wildman–Crippen LogP) is 3.64. The third kappa shape index (κ3) is 3.85. The first kappa shape index (κ1) is 14.2. The minimum atomic E-state index is -0.220. The molecule has 1 aliphatic heterocycles. The molecule has 0 aliphatic carbocycles. The maximum Gasteiger partial charge on any atom is 0.333 e. The Bertz CT molecular complexity index is 442. The van der Waals surface area contributed by atoms with E-state index in [2.05, 4.69) is 24.6 Å². The van der Waals surface area contributed by atoms with Crippen molar-refractivity contribution >= 4 is 23.3 Å². The Morgan fingerprint density at radius 1 is 1.32 bits per heavy atom. The Kier molecular flexibility index (Phi) is 4.66. The SMILES string of the molecule is C[C@@H]1CCC[C@@H](C)N1NC(=O)Nc1cccc(Cl)c1. The number of hydrogen-bond acceptors (Lipinski definition) is 2. The van der Waals surface area contributed by atoms with E-state index in [0.717, 1.165) is 12.8 Å². The number of hydrogen-bond donors (Lipinski definition) is 2. The molecule has 0 aromatic heterocycles. The summed E-state index contributed by atoms with van der Waals surface area (Å²) in [5.41, 5.74) is 3.62. The first-order chi connectivity index (χ1) is 9.06. The molecule has 2 amide bonds. The number of halogens is 1. The molecule has 1 heterocycles. The van der Waals surface area contributed by atoms with Gasteiger partial charge in [0.15, 0.2) is 0 Å². The molecule has 2 rings (SSSR count). The normalized spacial score (nSPS) is 23.9. The van der Waals surface area contributed by atoms with Gasteiger partial charge in [-0.3, -0.25) is 5.43 Å². The summed E-state index contributed by atoms with van der Waals surface area (Å²) in [6.45, 7) is 4.27. The lowest BCUT2D eigenvalue weighted by Gasteiger charge is -2.38. The van der Waals surface area contributed by atoms with Crippen molar-refractivity contribution in [2.24, 2.45) is 0 Å². The van der Waals surface area contributed by atoms with Crippen molar-refractivity contribution in [1.29, 1.82) is 0 Å². The van der Waals surface area contributed by atoms with Gasteiger partial charge in [0.2, 0.25) is 0 Å². The van der Waals surface area contributed by atoms with Crippen LogP contribution in [-0.4, -0.2) is 23.1 Å². The van der Waals surface area contributed by atoms with Gasteiger partial charge in [0.05, 0.1) is 0 Å². The molecular weight excluding hydrogens is 262 g/mol. The Hall–Kier alpha value is -1.26. The largest absolute Gasteiger partial charge is 0.333 e. The van der Waals surface area contributed by atoms with Crippen LogP contribution in [0.15, 0.2) is 24.3 Å². The number of carbonyl (C=O) groups is 1. The van der Waals surface area contributed by atoms with Crippen molar-refractivity contribution in [1.82, 2.24) is 10.4 Å². The second-order valence-electron chi connectivity index (χ2n) is 5.11. The van der Waals surface area contributed by atoms with E-state index in [9.17, 15) is 4.79 Å². The van der Waals surface area contributed by atoms with E-state index in [1.165, 1.54) is 6.42 Å². The highest BCUT2D eigenvalue weighted by molar-refractivity contribution is 6.30. The summed E-state index contributed by atoms with van der Waals surface area (Å²) in [4.78, 5) is 12.0. The lowest BCUT2D eigenvalue weighted by Crippen LogP contribution is -2.55. The van der Waals surface area contributed by atoms with Crippen molar-refractivity contribution in [3.8, 4) is 0 Å². The van der Waals surface area contributed by atoms with E-state index in [0.29, 0.717) is 22.8 Å². The van der Waals surface area contributed by atoms with Crippen molar-refractivity contribution in [3.63, 3.8) is 0 Å². The van der Waals surface area contributed by atoms with Crippen LogP contribution in [0.3, 0.4) is 0 Å². The number of nitrogens with zero attached hydrogens (tertiary/aromatic N) is 1. The van der Waals surface area contributed by atoms with Gasteiger partial charge in [0.1, 0.15) is 0 Å². The Morgan fingerprint density at radius 3 is 2.63 bits per heavy atom. The first-order valence-electron chi connectivity index (χ1n) is 6.68. The van der Waals surface area contributed by atoms with Gasteiger partial charge in [0.25, 0.3) is 0 Å². The number of urea groups is 1. The van der Waals surface area contributed by atoms with E-state index >= 15 is 0 Å². The van der Waals surface area contributed by atoms with Crippen LogP contribution in [0.25, 0.3) is 0 Å². The number of piperidine rings is 1. The summed E-state index contributed by atoms with van der Waals surface area (Å²) >= 11 is 5.88. The molecule has 0 saturated carbocycles. The maximum absolute atomic E-state index is 12.0. The van der Waals surface area contributed by atoms with Crippen LogP contribution < -0.4 is 10.7 Å². The van der Waals surface area contributed by atoms with Crippen molar-refractivity contribution < 1.29 is 4.79 Å². The predicted molar refractivity (Wildman–Crippen MR) is 78.2 cm³/mol. The molecule has 104 valence electrons. The molecular formula is C14H20ClN3O. The maximum atomic E-state index is 12.0. The smallest absolute Gasteiger partial charge is 0.307 e. The highest BCUT2D eigenvalue weighted by Gasteiger charge is 2.25. The number of amides is 2. The minimum absolute atomic E-state index is 0.220. The standard InChI is InChI=1S/C14H20ClN3O/c1-10-5-3-6-11(2)18(10)17-14(19)16-13-8-4-7-12(15)9-13/h4,7-11H,3,5-6H2,1-2H3,(H2,16,17,19)/t10-,11-/m1/s1. The van der Waals surface area contributed by atoms with Gasteiger partial charge in [-0.2, -0.15) is 0 Å². The highest BCUT2D eigenvalue weighted by atomic mass is 35.5. The van der Waals surface area contributed by atoms with Gasteiger partial charge >= 0.3 is 6.03 Å². The Morgan fingerprint density at radius 2 is 2.00 bits per heavy atom. The van der Waals surface area contributed by atoms with Gasteiger partial charge in [0, 0.05) is 22.8 Å². The topological polar surface area (TPSA) is 44.4 Å². The Balaban J connectivity index is 1.93. The van der Waals surface area contributed by atoms with Gasteiger partial charge in [-0.25, -0.2) is 9.80 Å². The minimum Gasteiger partial charge on any atom is -0.307 e. The fraction of sp³-hybridized carbons (Fsp3) is 0.500. The first-order valence-corrected chi connectivity index (χ1v) is 7.05. The molecule has 1 saturated heterocycles. The summed E-state index contributed by atoms with van der Waals surface area (Å²) in [7, 11) is 0. The fourth-order valence-electron chi connectivity index (χ4n) is 2.48. The van der Waals surface area contributed by atoms with Gasteiger partial charge < -0.3 is 5.32 Å². The zero-order valence-electron chi connectivity index (χ0n) is 11.3. The van der Waals surface area contributed by atoms with Crippen LogP contribution in [-0.2, 0) is 0 Å². The number of carbonyl (C=O) groups excluding carboxylic acids is 1.